The molecule has 1 unspecified atom stereocenters. The Morgan fingerprint density at radius 1 is 1.23 bits per heavy atom. The Labute approximate surface area is 182 Å². The minimum Gasteiger partial charge on any atom is -0.493 e. The molecule has 0 fully saturated rings. The molecule has 1 heterocycles. The molecule has 2 aromatic rings. The van der Waals surface area contributed by atoms with Crippen molar-refractivity contribution < 1.29 is 23.8 Å². The fourth-order valence-corrected chi connectivity index (χ4v) is 3.16. The first kappa shape index (κ1) is 22.2. The molecule has 7 heteroatoms. The largest absolute Gasteiger partial charge is 0.493 e. The van der Waals surface area contributed by atoms with E-state index in [2.05, 4.69) is 19.2 Å². The first-order chi connectivity index (χ1) is 14.9. The fraction of sp³-hybridized carbons (Fsp3) is 0.333. The molecular formula is C24H28N2O5. The van der Waals surface area contributed by atoms with Crippen molar-refractivity contribution in [3.05, 3.63) is 54.1 Å². The van der Waals surface area contributed by atoms with Crippen LogP contribution in [0.1, 0.15) is 19.4 Å². The Bertz CT molecular complexity index is 970. The van der Waals surface area contributed by atoms with Crippen molar-refractivity contribution in [2.45, 2.75) is 20.0 Å². The van der Waals surface area contributed by atoms with Crippen LogP contribution in [0.5, 0.6) is 17.2 Å². The zero-order valence-corrected chi connectivity index (χ0v) is 18.3. The van der Waals surface area contributed by atoms with E-state index < -0.39 is 6.10 Å². The van der Waals surface area contributed by atoms with Gasteiger partial charge in [-0.2, -0.15) is 0 Å². The van der Waals surface area contributed by atoms with Gasteiger partial charge in [-0.25, -0.2) is 0 Å². The molecule has 2 amide bonds. The number of nitrogens with one attached hydrogen (secondary N) is 1. The lowest BCUT2D eigenvalue weighted by molar-refractivity contribution is -0.127. The van der Waals surface area contributed by atoms with Gasteiger partial charge in [0.1, 0.15) is 5.75 Å². The lowest BCUT2D eigenvalue weighted by Gasteiger charge is -2.33. The molecule has 0 saturated carbocycles. The number of likely N-dealkylation sites (N-methyl/N-ethyl adjacent to an activating group) is 1. The van der Waals surface area contributed by atoms with Crippen LogP contribution in [0.2, 0.25) is 0 Å². The summed E-state index contributed by atoms with van der Waals surface area (Å²) in [5.74, 6) is 1.64. The number of carbonyl (C=O) groups excluding carboxylic acids is 2. The summed E-state index contributed by atoms with van der Waals surface area (Å²) in [4.78, 5) is 26.6. The molecule has 0 spiro atoms. The summed E-state index contributed by atoms with van der Waals surface area (Å²) < 4.78 is 16.9. The minimum atomic E-state index is -0.769. The number of benzene rings is 2. The summed E-state index contributed by atoms with van der Waals surface area (Å²) in [6, 6.07) is 12.7. The van der Waals surface area contributed by atoms with E-state index in [0.717, 1.165) is 5.56 Å². The van der Waals surface area contributed by atoms with Crippen LogP contribution in [0.4, 0.5) is 5.69 Å². The van der Waals surface area contributed by atoms with Crippen LogP contribution in [0.3, 0.4) is 0 Å². The van der Waals surface area contributed by atoms with Gasteiger partial charge >= 0.3 is 0 Å². The van der Waals surface area contributed by atoms with Crippen LogP contribution in [-0.2, 0) is 9.59 Å². The predicted molar refractivity (Wildman–Crippen MR) is 120 cm³/mol. The molecule has 31 heavy (non-hydrogen) atoms. The van der Waals surface area contributed by atoms with Crippen molar-refractivity contribution in [2.75, 3.05) is 32.2 Å². The van der Waals surface area contributed by atoms with Crippen molar-refractivity contribution in [3.8, 4) is 17.2 Å². The van der Waals surface area contributed by atoms with E-state index in [9.17, 15) is 9.59 Å². The van der Waals surface area contributed by atoms with E-state index in [-0.39, 0.29) is 18.4 Å². The molecule has 1 aliphatic heterocycles. The number of para-hydroxylation sites is 2. The number of amides is 2. The Balaban J connectivity index is 1.79. The topological polar surface area (TPSA) is 77.1 Å². The number of methoxy groups -OCH3 is 1. The van der Waals surface area contributed by atoms with E-state index >= 15 is 0 Å². The standard InChI is InChI=1S/C24H28N2O5/c1-16(2)15-30-20-11-9-17(13-21(20)29-4)10-12-23(27)26-14-22(24(28)25-3)31-19-8-6-5-7-18(19)26/h5-13,16,22H,14-15H2,1-4H3,(H,25,28)/b12-10+. The van der Waals surface area contributed by atoms with E-state index in [1.807, 2.05) is 24.3 Å². The van der Waals surface area contributed by atoms with Gasteiger partial charge in [0.15, 0.2) is 17.6 Å². The maximum absolute atomic E-state index is 13.0. The predicted octanol–water partition coefficient (Wildman–Crippen LogP) is 3.28. The second-order valence-corrected chi connectivity index (χ2v) is 7.59. The van der Waals surface area contributed by atoms with Gasteiger partial charge in [0.25, 0.3) is 11.8 Å². The fourth-order valence-electron chi connectivity index (χ4n) is 3.16. The highest BCUT2D eigenvalue weighted by molar-refractivity contribution is 6.05. The third kappa shape index (κ3) is 5.36. The number of nitrogens with zero attached hydrogens (tertiary/aromatic N) is 1. The van der Waals surface area contributed by atoms with Crippen LogP contribution >= 0.6 is 0 Å². The maximum atomic E-state index is 13.0. The molecule has 1 N–H and O–H groups in total. The number of ether oxygens (including phenoxy) is 3. The number of fused-ring (bicyclic) bond motifs is 1. The van der Waals surface area contributed by atoms with Crippen molar-refractivity contribution in [3.63, 3.8) is 0 Å². The minimum absolute atomic E-state index is 0.130. The van der Waals surface area contributed by atoms with Crippen molar-refractivity contribution in [1.82, 2.24) is 5.32 Å². The third-order valence-corrected chi connectivity index (χ3v) is 4.76. The van der Waals surface area contributed by atoms with Crippen molar-refractivity contribution in [1.29, 1.82) is 0 Å². The highest BCUT2D eigenvalue weighted by Crippen LogP contribution is 2.33. The lowest BCUT2D eigenvalue weighted by atomic mass is 10.1. The molecule has 1 atom stereocenters. The molecule has 0 saturated heterocycles. The lowest BCUT2D eigenvalue weighted by Crippen LogP contribution is -2.49. The second-order valence-electron chi connectivity index (χ2n) is 7.59. The SMILES string of the molecule is CNC(=O)C1CN(C(=O)/C=C/c2ccc(OCC(C)C)c(OC)c2)c2ccccc2O1. The van der Waals surface area contributed by atoms with Crippen molar-refractivity contribution >= 4 is 23.6 Å². The van der Waals surface area contributed by atoms with Gasteiger partial charge in [0.05, 0.1) is 25.9 Å². The Kier molecular flexibility index (Phi) is 7.18. The molecule has 3 rings (SSSR count). The summed E-state index contributed by atoms with van der Waals surface area (Å²) in [7, 11) is 3.12. The number of hydrogen-bond donors (Lipinski definition) is 1. The monoisotopic (exact) mass is 424 g/mol. The molecule has 0 aliphatic carbocycles. The molecule has 2 aromatic carbocycles. The van der Waals surface area contributed by atoms with Gasteiger partial charge in [-0.3, -0.25) is 9.59 Å². The summed E-state index contributed by atoms with van der Waals surface area (Å²) in [6.45, 7) is 4.87. The number of hydrogen-bond acceptors (Lipinski definition) is 5. The second kappa shape index (κ2) is 10.0. The van der Waals surface area contributed by atoms with Gasteiger partial charge in [-0.05, 0) is 41.8 Å². The van der Waals surface area contributed by atoms with Crippen LogP contribution in [0.25, 0.3) is 6.08 Å². The van der Waals surface area contributed by atoms with Gasteiger partial charge in [-0.1, -0.05) is 32.0 Å². The average molecular weight is 424 g/mol. The molecule has 1 aliphatic rings. The number of carbonyl (C=O) groups is 2. The quantitative estimate of drug-likeness (QED) is 0.691. The highest BCUT2D eigenvalue weighted by Gasteiger charge is 2.32. The molecule has 0 radical (unpaired) electrons. The summed E-state index contributed by atoms with van der Waals surface area (Å²) in [5.41, 5.74) is 1.43. The average Bonchev–Trinajstić information content (AvgIpc) is 2.79. The molecule has 164 valence electrons. The number of rotatable bonds is 7. The van der Waals surface area contributed by atoms with Crippen LogP contribution in [-0.4, -0.2) is 45.2 Å². The molecule has 0 bridgehead atoms. The van der Waals surface area contributed by atoms with Crippen molar-refractivity contribution in [2.24, 2.45) is 5.92 Å². The summed E-state index contributed by atoms with van der Waals surface area (Å²) >= 11 is 0. The van der Waals surface area contributed by atoms with Gasteiger partial charge in [-0.15, -0.1) is 0 Å². The van der Waals surface area contributed by atoms with Gasteiger partial charge < -0.3 is 24.4 Å². The Morgan fingerprint density at radius 2 is 2.00 bits per heavy atom. The van der Waals surface area contributed by atoms with E-state index in [0.29, 0.717) is 35.5 Å². The normalized spacial score (nSPS) is 15.4. The summed E-state index contributed by atoms with van der Waals surface area (Å²) in [6.07, 6.45) is 2.42. The maximum Gasteiger partial charge on any atom is 0.262 e. The third-order valence-electron chi connectivity index (χ3n) is 4.76. The van der Waals surface area contributed by atoms with E-state index in [4.69, 9.17) is 14.2 Å². The summed E-state index contributed by atoms with van der Waals surface area (Å²) in [5, 5.41) is 2.57. The number of anilines is 1. The van der Waals surface area contributed by atoms with Crippen LogP contribution in [0.15, 0.2) is 48.5 Å². The first-order valence-electron chi connectivity index (χ1n) is 10.2. The smallest absolute Gasteiger partial charge is 0.262 e. The highest BCUT2D eigenvalue weighted by atomic mass is 16.5. The Morgan fingerprint density at radius 3 is 2.71 bits per heavy atom. The Hall–Kier alpha value is -3.48. The zero-order valence-electron chi connectivity index (χ0n) is 18.3. The van der Waals surface area contributed by atoms with E-state index in [1.54, 1.807) is 43.3 Å². The van der Waals surface area contributed by atoms with E-state index in [1.165, 1.54) is 6.08 Å². The zero-order chi connectivity index (χ0) is 22.4. The molecule has 0 aromatic heterocycles. The molecule has 7 nitrogen and oxygen atoms in total. The molecular weight excluding hydrogens is 396 g/mol. The first-order valence-corrected chi connectivity index (χ1v) is 10.2. The van der Waals surface area contributed by atoms with Crippen LogP contribution in [0, 0.1) is 5.92 Å². The van der Waals surface area contributed by atoms with Crippen LogP contribution < -0.4 is 24.4 Å². The van der Waals surface area contributed by atoms with Gasteiger partial charge in [0.2, 0.25) is 0 Å². The van der Waals surface area contributed by atoms with Gasteiger partial charge in [0, 0.05) is 13.1 Å².